The molecule has 1 N–H and O–H groups in total. The van der Waals surface area contributed by atoms with Gasteiger partial charge in [0.1, 0.15) is 12.4 Å². The summed E-state index contributed by atoms with van der Waals surface area (Å²) < 4.78 is 5.90. The fraction of sp³-hybridized carbons (Fsp3) is 0.111. The van der Waals surface area contributed by atoms with E-state index in [-0.39, 0.29) is 0 Å². The number of aryl methyl sites for hydroxylation is 2. The number of aromatic nitrogens is 1. The Morgan fingerprint density at radius 1 is 0.871 bits per heavy atom. The molecule has 154 valence electrons. The standard InChI is InChI=1S/C27H23NO3/c29-27(30)18-14-22-6-2-1-5-21(22)12-9-20-10-16-25(17-11-20)31-19-24-15-13-23-7-3-4-8-26(23)28-24/h1-8,10-11,13-18H,9,12,19H2,(H,29,30). The summed E-state index contributed by atoms with van der Waals surface area (Å²) in [5.41, 5.74) is 5.13. The summed E-state index contributed by atoms with van der Waals surface area (Å²) in [5, 5.41) is 9.98. The highest BCUT2D eigenvalue weighted by atomic mass is 16.5. The Hall–Kier alpha value is -3.92. The highest BCUT2D eigenvalue weighted by Crippen LogP contribution is 2.18. The van der Waals surface area contributed by atoms with Crippen molar-refractivity contribution >= 4 is 22.9 Å². The Morgan fingerprint density at radius 2 is 1.65 bits per heavy atom. The van der Waals surface area contributed by atoms with Gasteiger partial charge in [0.2, 0.25) is 0 Å². The zero-order chi connectivity index (χ0) is 21.5. The topological polar surface area (TPSA) is 59.4 Å². The van der Waals surface area contributed by atoms with E-state index in [0.29, 0.717) is 6.61 Å². The minimum atomic E-state index is -0.940. The van der Waals surface area contributed by atoms with E-state index in [9.17, 15) is 4.79 Å². The van der Waals surface area contributed by atoms with E-state index in [1.807, 2.05) is 66.7 Å². The Labute approximate surface area is 181 Å². The molecular formula is C27H23NO3. The number of ether oxygens (including phenoxy) is 1. The number of carboxylic acids is 1. The zero-order valence-electron chi connectivity index (χ0n) is 17.1. The van der Waals surface area contributed by atoms with Crippen molar-refractivity contribution in [2.75, 3.05) is 0 Å². The normalized spacial score (nSPS) is 11.1. The molecule has 0 aliphatic carbocycles. The fourth-order valence-corrected chi connectivity index (χ4v) is 3.46. The molecule has 4 aromatic rings. The van der Waals surface area contributed by atoms with Crippen LogP contribution < -0.4 is 4.74 Å². The number of carbonyl (C=O) groups is 1. The van der Waals surface area contributed by atoms with Crippen LogP contribution in [0.2, 0.25) is 0 Å². The molecule has 4 heteroatoms. The van der Waals surface area contributed by atoms with Gasteiger partial charge in [0.15, 0.2) is 0 Å². The Morgan fingerprint density at radius 3 is 2.48 bits per heavy atom. The largest absolute Gasteiger partial charge is 0.487 e. The third-order valence-corrected chi connectivity index (χ3v) is 5.11. The van der Waals surface area contributed by atoms with Gasteiger partial charge in [0.05, 0.1) is 11.2 Å². The summed E-state index contributed by atoms with van der Waals surface area (Å²) >= 11 is 0. The number of pyridine rings is 1. The molecule has 0 atom stereocenters. The molecule has 3 aromatic carbocycles. The SMILES string of the molecule is O=C(O)C=Cc1ccccc1CCc1ccc(OCc2ccc3ccccc3n2)cc1. The molecule has 0 unspecified atom stereocenters. The summed E-state index contributed by atoms with van der Waals surface area (Å²) in [4.78, 5) is 15.4. The summed E-state index contributed by atoms with van der Waals surface area (Å²) in [7, 11) is 0. The van der Waals surface area contributed by atoms with Crippen molar-refractivity contribution in [1.82, 2.24) is 4.98 Å². The third kappa shape index (κ3) is 5.58. The van der Waals surface area contributed by atoms with Gasteiger partial charge in [-0.05, 0) is 59.9 Å². The molecule has 0 bridgehead atoms. The number of carboxylic acid groups (broad SMARTS) is 1. The van der Waals surface area contributed by atoms with Crippen LogP contribution in [-0.4, -0.2) is 16.1 Å². The quantitative estimate of drug-likeness (QED) is 0.380. The van der Waals surface area contributed by atoms with Crippen molar-refractivity contribution in [3.8, 4) is 5.75 Å². The van der Waals surface area contributed by atoms with Gasteiger partial charge in [-0.25, -0.2) is 9.78 Å². The van der Waals surface area contributed by atoms with Crippen LogP contribution in [0, 0.1) is 0 Å². The Balaban J connectivity index is 1.35. The van der Waals surface area contributed by atoms with Crippen molar-refractivity contribution in [2.45, 2.75) is 19.4 Å². The molecule has 0 aliphatic rings. The first-order valence-corrected chi connectivity index (χ1v) is 10.2. The first-order chi connectivity index (χ1) is 15.2. The number of benzene rings is 3. The molecule has 0 radical (unpaired) electrons. The van der Waals surface area contributed by atoms with Crippen molar-refractivity contribution in [2.24, 2.45) is 0 Å². The molecule has 0 saturated heterocycles. The molecular weight excluding hydrogens is 386 g/mol. The van der Waals surface area contributed by atoms with E-state index < -0.39 is 5.97 Å². The van der Waals surface area contributed by atoms with Crippen molar-refractivity contribution in [1.29, 1.82) is 0 Å². The van der Waals surface area contributed by atoms with Gasteiger partial charge < -0.3 is 9.84 Å². The maximum Gasteiger partial charge on any atom is 0.328 e. The molecule has 4 rings (SSSR count). The lowest BCUT2D eigenvalue weighted by Gasteiger charge is -2.09. The summed E-state index contributed by atoms with van der Waals surface area (Å²) in [6, 6.07) is 28.1. The average Bonchev–Trinajstić information content (AvgIpc) is 2.81. The maximum absolute atomic E-state index is 10.8. The van der Waals surface area contributed by atoms with E-state index in [0.717, 1.165) is 46.3 Å². The van der Waals surface area contributed by atoms with Crippen LogP contribution in [0.5, 0.6) is 5.75 Å². The number of rotatable bonds is 8. The van der Waals surface area contributed by atoms with Crippen LogP contribution in [-0.2, 0) is 24.2 Å². The van der Waals surface area contributed by atoms with Crippen molar-refractivity contribution in [3.63, 3.8) is 0 Å². The molecule has 4 nitrogen and oxygen atoms in total. The lowest BCUT2D eigenvalue weighted by atomic mass is 9.99. The maximum atomic E-state index is 10.8. The number of para-hydroxylation sites is 1. The van der Waals surface area contributed by atoms with Crippen LogP contribution in [0.1, 0.15) is 22.4 Å². The van der Waals surface area contributed by atoms with E-state index in [4.69, 9.17) is 9.84 Å². The second-order valence-electron chi connectivity index (χ2n) is 7.30. The lowest BCUT2D eigenvalue weighted by molar-refractivity contribution is -0.131. The minimum absolute atomic E-state index is 0.424. The highest BCUT2D eigenvalue weighted by molar-refractivity contribution is 5.85. The smallest absolute Gasteiger partial charge is 0.328 e. The highest BCUT2D eigenvalue weighted by Gasteiger charge is 2.03. The molecule has 0 saturated carbocycles. The number of hydrogen-bond donors (Lipinski definition) is 1. The van der Waals surface area contributed by atoms with Crippen LogP contribution >= 0.6 is 0 Å². The van der Waals surface area contributed by atoms with Crippen molar-refractivity contribution in [3.05, 3.63) is 113 Å². The fourth-order valence-electron chi connectivity index (χ4n) is 3.46. The molecule has 0 amide bonds. The second-order valence-corrected chi connectivity index (χ2v) is 7.30. The molecule has 0 aliphatic heterocycles. The molecule has 0 spiro atoms. The predicted molar refractivity (Wildman–Crippen MR) is 123 cm³/mol. The van der Waals surface area contributed by atoms with Gasteiger partial charge >= 0.3 is 5.97 Å². The Bertz CT molecular complexity index is 1210. The summed E-state index contributed by atoms with van der Waals surface area (Å²) in [6.45, 7) is 0.424. The van der Waals surface area contributed by atoms with Gasteiger partial charge in [-0.2, -0.15) is 0 Å². The number of hydrogen-bond acceptors (Lipinski definition) is 3. The van der Waals surface area contributed by atoms with Gasteiger partial charge in [-0.1, -0.05) is 60.7 Å². The van der Waals surface area contributed by atoms with E-state index >= 15 is 0 Å². The second kappa shape index (κ2) is 9.72. The monoisotopic (exact) mass is 409 g/mol. The molecule has 0 fully saturated rings. The van der Waals surface area contributed by atoms with Gasteiger partial charge in [-0.3, -0.25) is 0 Å². The van der Waals surface area contributed by atoms with Gasteiger partial charge in [0.25, 0.3) is 0 Å². The van der Waals surface area contributed by atoms with Crippen LogP contribution in [0.4, 0.5) is 0 Å². The van der Waals surface area contributed by atoms with Gasteiger partial charge in [0, 0.05) is 11.5 Å². The molecule has 31 heavy (non-hydrogen) atoms. The van der Waals surface area contributed by atoms with Crippen LogP contribution in [0.3, 0.4) is 0 Å². The van der Waals surface area contributed by atoms with Gasteiger partial charge in [-0.15, -0.1) is 0 Å². The van der Waals surface area contributed by atoms with E-state index in [2.05, 4.69) is 23.2 Å². The number of fused-ring (bicyclic) bond motifs is 1. The zero-order valence-corrected chi connectivity index (χ0v) is 17.1. The number of nitrogens with zero attached hydrogens (tertiary/aromatic N) is 1. The van der Waals surface area contributed by atoms with E-state index in [1.54, 1.807) is 6.08 Å². The lowest BCUT2D eigenvalue weighted by Crippen LogP contribution is -1.99. The van der Waals surface area contributed by atoms with E-state index in [1.165, 1.54) is 11.6 Å². The summed E-state index contributed by atoms with van der Waals surface area (Å²) in [5.74, 6) is -0.132. The van der Waals surface area contributed by atoms with Crippen LogP contribution in [0.15, 0.2) is 91.0 Å². The number of aliphatic carboxylic acids is 1. The first kappa shape index (κ1) is 20.4. The average molecular weight is 409 g/mol. The predicted octanol–water partition coefficient (Wildman–Crippen LogP) is 5.70. The molecule has 1 heterocycles. The van der Waals surface area contributed by atoms with Crippen molar-refractivity contribution < 1.29 is 14.6 Å². The van der Waals surface area contributed by atoms with Crippen LogP contribution in [0.25, 0.3) is 17.0 Å². The summed E-state index contributed by atoms with van der Waals surface area (Å²) in [6.07, 6.45) is 4.52. The third-order valence-electron chi connectivity index (χ3n) is 5.11. The Kier molecular flexibility index (Phi) is 6.38. The minimum Gasteiger partial charge on any atom is -0.487 e. The first-order valence-electron chi connectivity index (χ1n) is 10.2. The molecule has 1 aromatic heterocycles.